The van der Waals surface area contributed by atoms with Crippen molar-refractivity contribution in [2.24, 2.45) is 11.7 Å². The van der Waals surface area contributed by atoms with Crippen LogP contribution in [0.2, 0.25) is 0 Å². The van der Waals surface area contributed by atoms with Gasteiger partial charge in [-0.15, -0.1) is 0 Å². The smallest absolute Gasteiger partial charge is 0.314 e. The van der Waals surface area contributed by atoms with Gasteiger partial charge in [0.15, 0.2) is 0 Å². The van der Waals surface area contributed by atoms with Crippen LogP contribution in [0.3, 0.4) is 0 Å². The van der Waals surface area contributed by atoms with E-state index in [0.29, 0.717) is 23.8 Å². The summed E-state index contributed by atoms with van der Waals surface area (Å²) in [6.07, 6.45) is 6.29. The van der Waals surface area contributed by atoms with E-state index >= 15 is 0 Å². The second kappa shape index (κ2) is 5.97. The fourth-order valence-electron chi connectivity index (χ4n) is 2.79. The van der Waals surface area contributed by atoms with Crippen molar-refractivity contribution < 1.29 is 4.92 Å². The first-order valence-corrected chi connectivity index (χ1v) is 6.70. The van der Waals surface area contributed by atoms with Gasteiger partial charge < -0.3 is 11.1 Å². The van der Waals surface area contributed by atoms with Gasteiger partial charge in [0, 0.05) is 24.3 Å². The van der Waals surface area contributed by atoms with Gasteiger partial charge in [-0.25, -0.2) is 4.98 Å². The number of hydrogen-bond donors (Lipinski definition) is 2. The number of nitrogens with zero attached hydrogens (tertiary/aromatic N) is 2. The first-order valence-electron chi connectivity index (χ1n) is 6.70. The van der Waals surface area contributed by atoms with E-state index in [0.717, 1.165) is 12.8 Å². The van der Waals surface area contributed by atoms with E-state index in [4.69, 9.17) is 5.73 Å². The summed E-state index contributed by atoms with van der Waals surface area (Å²) in [7, 11) is 0. The van der Waals surface area contributed by atoms with Gasteiger partial charge in [0.1, 0.15) is 0 Å². The Morgan fingerprint density at radius 3 is 2.84 bits per heavy atom. The van der Waals surface area contributed by atoms with Crippen LogP contribution in [-0.2, 0) is 0 Å². The molecule has 104 valence electrons. The van der Waals surface area contributed by atoms with Gasteiger partial charge in [-0.05, 0) is 31.7 Å². The number of anilines is 1. The summed E-state index contributed by atoms with van der Waals surface area (Å²) in [4.78, 5) is 14.9. The highest BCUT2D eigenvalue weighted by Crippen LogP contribution is 2.31. The van der Waals surface area contributed by atoms with E-state index in [1.54, 1.807) is 19.2 Å². The highest BCUT2D eigenvalue weighted by molar-refractivity contribution is 5.60. The molecule has 1 unspecified atom stereocenters. The molecule has 19 heavy (non-hydrogen) atoms. The van der Waals surface area contributed by atoms with Crippen LogP contribution in [0.15, 0.2) is 12.3 Å². The molecule has 1 fully saturated rings. The summed E-state index contributed by atoms with van der Waals surface area (Å²) in [5.74, 6) is 0.833. The average molecular weight is 264 g/mol. The zero-order chi connectivity index (χ0) is 13.8. The van der Waals surface area contributed by atoms with Gasteiger partial charge in [-0.1, -0.05) is 12.8 Å². The number of aromatic nitrogens is 1. The Morgan fingerprint density at radius 2 is 2.26 bits per heavy atom. The van der Waals surface area contributed by atoms with Gasteiger partial charge in [-0.3, -0.25) is 10.1 Å². The normalized spacial score (nSPS) is 17.4. The molecule has 1 saturated carbocycles. The SMILES string of the molecule is Cc1ccnc(NC(CN)C2CCCC2)c1[N+](=O)[O-]. The minimum absolute atomic E-state index is 0.0546. The molecule has 2 rings (SSSR count). The number of pyridine rings is 1. The van der Waals surface area contributed by atoms with E-state index in [-0.39, 0.29) is 16.7 Å². The molecule has 0 radical (unpaired) electrons. The van der Waals surface area contributed by atoms with Crippen molar-refractivity contribution >= 4 is 11.5 Å². The molecule has 1 heterocycles. The minimum Gasteiger partial charge on any atom is -0.360 e. The Labute approximate surface area is 112 Å². The second-order valence-electron chi connectivity index (χ2n) is 5.11. The molecule has 1 aromatic heterocycles. The summed E-state index contributed by atoms with van der Waals surface area (Å²) >= 11 is 0. The van der Waals surface area contributed by atoms with Crippen molar-refractivity contribution in [1.29, 1.82) is 0 Å². The molecular weight excluding hydrogens is 244 g/mol. The lowest BCUT2D eigenvalue weighted by Gasteiger charge is -2.23. The molecule has 1 aliphatic rings. The monoisotopic (exact) mass is 264 g/mol. The summed E-state index contributed by atoms with van der Waals surface area (Å²) in [6.45, 7) is 2.19. The molecule has 1 aliphatic carbocycles. The Balaban J connectivity index is 2.21. The molecule has 0 spiro atoms. The van der Waals surface area contributed by atoms with Crippen molar-refractivity contribution in [1.82, 2.24) is 4.98 Å². The molecule has 1 aromatic rings. The van der Waals surface area contributed by atoms with Crippen LogP contribution in [-0.4, -0.2) is 22.5 Å². The maximum absolute atomic E-state index is 11.1. The van der Waals surface area contributed by atoms with E-state index in [2.05, 4.69) is 10.3 Å². The molecule has 0 aliphatic heterocycles. The molecule has 0 bridgehead atoms. The average Bonchev–Trinajstić information content (AvgIpc) is 2.89. The Kier molecular flexibility index (Phi) is 4.31. The number of nitro groups is 1. The molecule has 0 aromatic carbocycles. The maximum atomic E-state index is 11.1. The molecular formula is C13H20N4O2. The van der Waals surface area contributed by atoms with E-state index in [1.165, 1.54) is 12.8 Å². The zero-order valence-corrected chi connectivity index (χ0v) is 11.1. The Bertz CT molecular complexity index is 458. The van der Waals surface area contributed by atoms with Gasteiger partial charge >= 0.3 is 5.69 Å². The minimum atomic E-state index is -0.382. The fraction of sp³-hybridized carbons (Fsp3) is 0.615. The number of hydrogen-bond acceptors (Lipinski definition) is 5. The number of aryl methyl sites for hydroxylation is 1. The topological polar surface area (TPSA) is 94.1 Å². The van der Waals surface area contributed by atoms with Crippen molar-refractivity contribution in [3.05, 3.63) is 27.9 Å². The van der Waals surface area contributed by atoms with Crippen molar-refractivity contribution in [2.75, 3.05) is 11.9 Å². The molecule has 6 heteroatoms. The van der Waals surface area contributed by atoms with Crippen LogP contribution >= 0.6 is 0 Å². The van der Waals surface area contributed by atoms with Crippen molar-refractivity contribution in [3.63, 3.8) is 0 Å². The van der Waals surface area contributed by atoms with Crippen molar-refractivity contribution in [3.8, 4) is 0 Å². The molecule has 1 atom stereocenters. The molecule has 6 nitrogen and oxygen atoms in total. The predicted molar refractivity (Wildman–Crippen MR) is 74.1 cm³/mol. The van der Waals surface area contributed by atoms with E-state index < -0.39 is 0 Å². The van der Waals surface area contributed by atoms with Gasteiger partial charge in [0.2, 0.25) is 5.82 Å². The summed E-state index contributed by atoms with van der Waals surface area (Å²) in [5.41, 5.74) is 6.47. The van der Waals surface area contributed by atoms with E-state index in [9.17, 15) is 10.1 Å². The van der Waals surface area contributed by atoms with Crippen LogP contribution in [0, 0.1) is 23.0 Å². The van der Waals surface area contributed by atoms with Gasteiger partial charge in [0.05, 0.1) is 4.92 Å². The van der Waals surface area contributed by atoms with Crippen LogP contribution in [0.1, 0.15) is 31.2 Å². The first kappa shape index (κ1) is 13.7. The highest BCUT2D eigenvalue weighted by Gasteiger charge is 2.27. The van der Waals surface area contributed by atoms with Crippen molar-refractivity contribution in [2.45, 2.75) is 38.6 Å². The molecule has 0 saturated heterocycles. The number of nitrogens with two attached hydrogens (primary N) is 1. The van der Waals surface area contributed by atoms with Crippen LogP contribution in [0.4, 0.5) is 11.5 Å². The zero-order valence-electron chi connectivity index (χ0n) is 11.1. The second-order valence-corrected chi connectivity index (χ2v) is 5.11. The molecule has 3 N–H and O–H groups in total. The fourth-order valence-corrected chi connectivity index (χ4v) is 2.79. The van der Waals surface area contributed by atoms with Gasteiger partial charge in [0.25, 0.3) is 0 Å². The maximum Gasteiger partial charge on any atom is 0.314 e. The van der Waals surface area contributed by atoms with Crippen LogP contribution in [0.25, 0.3) is 0 Å². The third-order valence-corrected chi connectivity index (χ3v) is 3.85. The third kappa shape index (κ3) is 3.01. The lowest BCUT2D eigenvalue weighted by atomic mass is 9.98. The van der Waals surface area contributed by atoms with Gasteiger partial charge in [-0.2, -0.15) is 0 Å². The Hall–Kier alpha value is -1.69. The highest BCUT2D eigenvalue weighted by atomic mass is 16.6. The van der Waals surface area contributed by atoms with E-state index in [1.807, 2.05) is 0 Å². The van der Waals surface area contributed by atoms with Crippen LogP contribution < -0.4 is 11.1 Å². The first-order chi connectivity index (χ1) is 9.13. The Morgan fingerprint density at radius 1 is 1.58 bits per heavy atom. The third-order valence-electron chi connectivity index (χ3n) is 3.85. The largest absolute Gasteiger partial charge is 0.360 e. The quantitative estimate of drug-likeness (QED) is 0.628. The lowest BCUT2D eigenvalue weighted by Crippen LogP contribution is -2.35. The summed E-state index contributed by atoms with van der Waals surface area (Å²) in [6, 6.07) is 1.71. The lowest BCUT2D eigenvalue weighted by molar-refractivity contribution is -0.384. The number of nitrogens with one attached hydrogen (secondary N) is 1. The predicted octanol–water partition coefficient (Wildman–Crippen LogP) is 2.23. The summed E-state index contributed by atoms with van der Waals surface area (Å²) < 4.78 is 0. The number of rotatable bonds is 5. The molecule has 0 amide bonds. The summed E-state index contributed by atoms with van der Waals surface area (Å²) in [5, 5.41) is 14.3. The standard InChI is InChI=1S/C13H20N4O2/c1-9-6-7-15-13(12(9)17(18)19)16-11(8-14)10-4-2-3-5-10/h6-7,10-11H,2-5,8,14H2,1H3,(H,15,16). The van der Waals surface area contributed by atoms with Crippen LogP contribution in [0.5, 0.6) is 0 Å².